The number of hydrogen-bond donors (Lipinski definition) is 0. The molecule has 0 saturated carbocycles. The van der Waals surface area contributed by atoms with Crippen molar-refractivity contribution in [1.29, 1.82) is 0 Å². The van der Waals surface area contributed by atoms with Crippen LogP contribution in [0.5, 0.6) is 0 Å². The van der Waals surface area contributed by atoms with Crippen molar-refractivity contribution in [2.45, 2.75) is 6.54 Å². The molecule has 120 valence electrons. The first-order valence-corrected chi connectivity index (χ1v) is 7.97. The summed E-state index contributed by atoms with van der Waals surface area (Å²) in [6.07, 6.45) is 4.58. The lowest BCUT2D eigenvalue weighted by Gasteiger charge is -2.34. The van der Waals surface area contributed by atoms with Gasteiger partial charge in [0.25, 0.3) is 5.91 Å². The van der Waals surface area contributed by atoms with Crippen LogP contribution in [0.25, 0.3) is 0 Å². The zero-order valence-corrected chi connectivity index (χ0v) is 13.8. The number of piperazine rings is 1. The van der Waals surface area contributed by atoms with Gasteiger partial charge in [-0.1, -0.05) is 23.2 Å². The second-order valence-electron chi connectivity index (χ2n) is 5.28. The minimum atomic E-state index is -0.0762. The van der Waals surface area contributed by atoms with E-state index in [0.717, 1.165) is 25.2 Å². The number of carbonyl (C=O) groups excluding carboxylic acids is 1. The number of rotatable bonds is 3. The Labute approximate surface area is 144 Å². The molecule has 0 spiro atoms. The molecule has 1 saturated heterocycles. The average Bonchev–Trinajstić information content (AvgIpc) is 2.55. The van der Waals surface area contributed by atoms with E-state index in [1.165, 1.54) is 12.4 Å². The van der Waals surface area contributed by atoms with Crippen molar-refractivity contribution in [3.63, 3.8) is 0 Å². The molecule has 2 aromatic rings. The molecule has 8 heteroatoms. The third kappa shape index (κ3) is 4.16. The number of nitrogens with zero attached hydrogens (tertiary/aromatic N) is 5. The highest BCUT2D eigenvalue weighted by molar-refractivity contribution is 6.32. The Kier molecular flexibility index (Phi) is 5.05. The molecule has 1 aliphatic rings. The highest BCUT2D eigenvalue weighted by Gasteiger charge is 2.23. The molecule has 0 aromatic carbocycles. The van der Waals surface area contributed by atoms with E-state index < -0.39 is 0 Å². The first-order valence-electron chi connectivity index (χ1n) is 7.21. The first kappa shape index (κ1) is 16.1. The highest BCUT2D eigenvalue weighted by atomic mass is 35.5. The molecule has 0 radical (unpaired) electrons. The molecule has 6 nitrogen and oxygen atoms in total. The third-order valence-electron chi connectivity index (χ3n) is 3.67. The van der Waals surface area contributed by atoms with Gasteiger partial charge in [-0.3, -0.25) is 14.7 Å². The van der Waals surface area contributed by atoms with Crippen LogP contribution in [0, 0.1) is 0 Å². The minimum Gasteiger partial charge on any atom is -0.335 e. The molecule has 0 N–H and O–H groups in total. The number of halogens is 2. The zero-order valence-electron chi connectivity index (χ0n) is 12.3. The summed E-state index contributed by atoms with van der Waals surface area (Å²) in [5.74, 6) is -0.0762. The molecule has 2 aromatic heterocycles. The quantitative estimate of drug-likeness (QED) is 0.792. The van der Waals surface area contributed by atoms with E-state index in [0.29, 0.717) is 29.1 Å². The molecule has 1 amide bonds. The smallest absolute Gasteiger partial charge is 0.274 e. The molecular formula is C15H15Cl2N5O. The Balaban J connectivity index is 1.57. The van der Waals surface area contributed by atoms with Gasteiger partial charge in [-0.15, -0.1) is 0 Å². The minimum absolute atomic E-state index is 0.0762. The predicted octanol–water partition coefficient (Wildman–Crippen LogP) is 2.14. The summed E-state index contributed by atoms with van der Waals surface area (Å²) in [4.78, 5) is 28.3. The van der Waals surface area contributed by atoms with Crippen LogP contribution in [0.15, 0.2) is 30.7 Å². The molecule has 1 fully saturated rings. The van der Waals surface area contributed by atoms with E-state index in [2.05, 4.69) is 19.9 Å². The maximum Gasteiger partial charge on any atom is 0.274 e. The molecule has 1 aliphatic heterocycles. The van der Waals surface area contributed by atoms with Gasteiger partial charge in [0, 0.05) is 45.1 Å². The van der Waals surface area contributed by atoms with Gasteiger partial charge in [0.2, 0.25) is 0 Å². The van der Waals surface area contributed by atoms with Crippen LogP contribution < -0.4 is 0 Å². The van der Waals surface area contributed by atoms with Gasteiger partial charge >= 0.3 is 0 Å². The number of amides is 1. The summed E-state index contributed by atoms with van der Waals surface area (Å²) < 4.78 is 0. The van der Waals surface area contributed by atoms with Gasteiger partial charge in [-0.05, 0) is 17.7 Å². The molecule has 0 aliphatic carbocycles. The normalized spacial score (nSPS) is 15.7. The second kappa shape index (κ2) is 7.21. The summed E-state index contributed by atoms with van der Waals surface area (Å²) in [5, 5.41) is 0.785. The number of hydrogen-bond acceptors (Lipinski definition) is 5. The van der Waals surface area contributed by atoms with Gasteiger partial charge in [0.1, 0.15) is 16.0 Å². The Morgan fingerprint density at radius 2 is 1.78 bits per heavy atom. The summed E-state index contributed by atoms with van der Waals surface area (Å²) in [6.45, 7) is 3.60. The number of pyridine rings is 1. The van der Waals surface area contributed by atoms with Gasteiger partial charge in [0.05, 0.1) is 6.20 Å². The maximum atomic E-state index is 12.3. The third-order valence-corrected chi connectivity index (χ3v) is 4.06. The second-order valence-corrected chi connectivity index (χ2v) is 6.05. The van der Waals surface area contributed by atoms with Gasteiger partial charge in [-0.25, -0.2) is 9.97 Å². The fourth-order valence-corrected chi connectivity index (χ4v) is 3.05. The van der Waals surface area contributed by atoms with E-state index >= 15 is 0 Å². The average molecular weight is 352 g/mol. The molecular weight excluding hydrogens is 337 g/mol. The Morgan fingerprint density at radius 3 is 2.39 bits per heavy atom. The van der Waals surface area contributed by atoms with Crippen molar-refractivity contribution in [2.75, 3.05) is 26.2 Å². The molecule has 3 heterocycles. The molecule has 3 rings (SSSR count). The van der Waals surface area contributed by atoms with Gasteiger partial charge in [0.15, 0.2) is 0 Å². The van der Waals surface area contributed by atoms with E-state index in [-0.39, 0.29) is 5.91 Å². The maximum absolute atomic E-state index is 12.3. The lowest BCUT2D eigenvalue weighted by atomic mass is 10.2. The van der Waals surface area contributed by atoms with Crippen LogP contribution in [0.4, 0.5) is 0 Å². The van der Waals surface area contributed by atoms with Gasteiger partial charge in [-0.2, -0.15) is 0 Å². The lowest BCUT2D eigenvalue weighted by Crippen LogP contribution is -2.48. The van der Waals surface area contributed by atoms with Crippen molar-refractivity contribution in [3.05, 3.63) is 52.3 Å². The van der Waals surface area contributed by atoms with E-state index in [1.54, 1.807) is 11.1 Å². The van der Waals surface area contributed by atoms with Crippen LogP contribution in [0.3, 0.4) is 0 Å². The SMILES string of the molecule is O=C(c1cnccn1)N1CCN(Cc2cc(Cl)nc(Cl)c2)CC1. The largest absolute Gasteiger partial charge is 0.335 e. The Hall–Kier alpha value is -1.76. The van der Waals surface area contributed by atoms with Crippen LogP contribution >= 0.6 is 23.2 Å². The number of aromatic nitrogens is 3. The topological polar surface area (TPSA) is 62.2 Å². The van der Waals surface area contributed by atoms with E-state index in [9.17, 15) is 4.79 Å². The fraction of sp³-hybridized carbons (Fsp3) is 0.333. The van der Waals surface area contributed by atoms with Crippen molar-refractivity contribution in [1.82, 2.24) is 24.8 Å². The predicted molar refractivity (Wildman–Crippen MR) is 87.5 cm³/mol. The lowest BCUT2D eigenvalue weighted by molar-refractivity contribution is 0.0622. The summed E-state index contributed by atoms with van der Waals surface area (Å²) in [5.41, 5.74) is 1.40. The standard InChI is InChI=1S/C15H15Cl2N5O/c16-13-7-11(8-14(17)20-13)10-21-3-5-22(6-4-21)15(23)12-9-18-1-2-19-12/h1-2,7-9H,3-6,10H2. The summed E-state index contributed by atoms with van der Waals surface area (Å²) in [6, 6.07) is 3.62. The molecule has 0 bridgehead atoms. The summed E-state index contributed by atoms with van der Waals surface area (Å²) >= 11 is 11.8. The number of carbonyl (C=O) groups is 1. The first-order chi connectivity index (χ1) is 11.1. The molecule has 0 atom stereocenters. The molecule has 0 unspecified atom stereocenters. The van der Waals surface area contributed by atoms with Crippen molar-refractivity contribution >= 4 is 29.1 Å². The van der Waals surface area contributed by atoms with Crippen LogP contribution in [-0.4, -0.2) is 56.8 Å². The molecule has 23 heavy (non-hydrogen) atoms. The van der Waals surface area contributed by atoms with E-state index in [4.69, 9.17) is 23.2 Å². The van der Waals surface area contributed by atoms with Gasteiger partial charge < -0.3 is 4.90 Å². The monoisotopic (exact) mass is 351 g/mol. The summed E-state index contributed by atoms with van der Waals surface area (Å²) in [7, 11) is 0. The van der Waals surface area contributed by atoms with Crippen LogP contribution in [0.2, 0.25) is 10.3 Å². The Morgan fingerprint density at radius 1 is 1.09 bits per heavy atom. The van der Waals surface area contributed by atoms with Crippen LogP contribution in [0.1, 0.15) is 16.1 Å². The van der Waals surface area contributed by atoms with Crippen molar-refractivity contribution in [2.24, 2.45) is 0 Å². The van der Waals surface area contributed by atoms with Crippen molar-refractivity contribution < 1.29 is 4.79 Å². The highest BCUT2D eigenvalue weighted by Crippen LogP contribution is 2.17. The Bertz CT molecular complexity index is 669. The van der Waals surface area contributed by atoms with Crippen LogP contribution in [-0.2, 0) is 6.54 Å². The van der Waals surface area contributed by atoms with E-state index in [1.807, 2.05) is 12.1 Å². The van der Waals surface area contributed by atoms with Crippen molar-refractivity contribution in [3.8, 4) is 0 Å². The fourth-order valence-electron chi connectivity index (χ4n) is 2.54. The zero-order chi connectivity index (χ0) is 16.2.